The van der Waals surface area contributed by atoms with Crippen molar-refractivity contribution in [3.05, 3.63) is 0 Å². The molecule has 32 heavy (non-hydrogen) atoms. The van der Waals surface area contributed by atoms with E-state index >= 15 is 0 Å². The first-order valence-electron chi connectivity index (χ1n) is 13.1. The van der Waals surface area contributed by atoms with Crippen LogP contribution in [0.3, 0.4) is 0 Å². The lowest BCUT2D eigenvalue weighted by atomic mass is 9.68. The van der Waals surface area contributed by atoms with Crippen molar-refractivity contribution in [1.82, 2.24) is 0 Å². The Hall–Kier alpha value is 0.314. The van der Waals surface area contributed by atoms with E-state index in [0.717, 1.165) is 12.8 Å². The van der Waals surface area contributed by atoms with Crippen molar-refractivity contribution in [3.63, 3.8) is 0 Å². The summed E-state index contributed by atoms with van der Waals surface area (Å²) in [6.45, 7) is 30.8. The summed E-state index contributed by atoms with van der Waals surface area (Å²) in [4.78, 5) is 0. The molecule has 0 aliphatic heterocycles. The second-order valence-electron chi connectivity index (χ2n) is 14.6. The monoisotopic (exact) mass is 488 g/mol. The Balaban J connectivity index is 5.25. The van der Waals surface area contributed by atoms with Crippen LogP contribution in [0.25, 0.3) is 0 Å². The number of hydrogen-bond donors (Lipinski definition) is 2. The fourth-order valence-electron chi connectivity index (χ4n) is 5.96. The Morgan fingerprint density at radius 1 is 0.781 bits per heavy atom. The van der Waals surface area contributed by atoms with Crippen molar-refractivity contribution in [1.29, 1.82) is 0 Å². The van der Waals surface area contributed by atoms with Gasteiger partial charge in [-0.2, -0.15) is 0 Å². The minimum absolute atomic E-state index is 0.0192. The summed E-state index contributed by atoms with van der Waals surface area (Å²) >= 11 is 0. The van der Waals surface area contributed by atoms with Crippen LogP contribution in [-0.4, -0.2) is 52.8 Å². The quantitative estimate of drug-likeness (QED) is 0.162. The minimum Gasteiger partial charge on any atom is -0.396 e. The van der Waals surface area contributed by atoms with Crippen molar-refractivity contribution < 1.29 is 14.9 Å². The van der Waals surface area contributed by atoms with E-state index in [0.29, 0.717) is 29.1 Å². The number of ether oxygens (including phenoxy) is 1. The van der Waals surface area contributed by atoms with E-state index in [-0.39, 0.29) is 13.2 Å². The molecule has 0 aromatic rings. The zero-order chi connectivity index (χ0) is 25.5. The minimum atomic E-state index is -1.40. The maximum absolute atomic E-state index is 9.66. The van der Waals surface area contributed by atoms with E-state index < -0.39 is 21.6 Å². The summed E-state index contributed by atoms with van der Waals surface area (Å²) in [7, 11) is -2.50. The van der Waals surface area contributed by atoms with Gasteiger partial charge in [0.2, 0.25) is 0 Å². The van der Waals surface area contributed by atoms with E-state index in [1.54, 1.807) is 0 Å². The van der Waals surface area contributed by atoms with Crippen molar-refractivity contribution in [2.24, 2.45) is 16.2 Å². The van der Waals surface area contributed by atoms with E-state index in [1.807, 2.05) is 6.92 Å². The highest BCUT2D eigenvalue weighted by Gasteiger charge is 2.45. The molecule has 5 heteroatoms. The van der Waals surface area contributed by atoms with Gasteiger partial charge in [0.1, 0.15) is 0 Å². The molecule has 194 valence electrons. The van der Waals surface area contributed by atoms with Crippen molar-refractivity contribution in [2.45, 2.75) is 130 Å². The van der Waals surface area contributed by atoms with Crippen molar-refractivity contribution in [3.8, 4) is 0 Å². The fourth-order valence-corrected chi connectivity index (χ4v) is 10.8. The molecule has 0 rings (SSSR count). The smallest absolute Gasteiger partial charge is 0.0566 e. The number of rotatable bonds is 17. The molecule has 0 spiro atoms. The van der Waals surface area contributed by atoms with Crippen LogP contribution in [0.4, 0.5) is 0 Å². The second kappa shape index (κ2) is 12.3. The van der Waals surface area contributed by atoms with Crippen LogP contribution in [0.1, 0.15) is 80.1 Å². The SMILES string of the molecule is CCC(C)(CC(C)(C)C[Si](C)(C)C)CC(C)(CCCOCC(CC)(CO)CO)[Si](C)(C)C. The normalized spacial score (nSPS) is 17.8. The van der Waals surface area contributed by atoms with Crippen LogP contribution >= 0.6 is 0 Å². The third-order valence-corrected chi connectivity index (χ3v) is 14.3. The molecular formula is C27H60O3Si2. The third-order valence-electron chi connectivity index (χ3n) is 8.24. The van der Waals surface area contributed by atoms with Gasteiger partial charge >= 0.3 is 0 Å². The highest BCUT2D eigenvalue weighted by Crippen LogP contribution is 2.55. The van der Waals surface area contributed by atoms with E-state index in [1.165, 1.54) is 31.7 Å². The molecule has 2 atom stereocenters. The fraction of sp³-hybridized carbons (Fsp3) is 1.00. The average molecular weight is 489 g/mol. The van der Waals surface area contributed by atoms with Gasteiger partial charge in [-0.3, -0.25) is 0 Å². The van der Waals surface area contributed by atoms with Gasteiger partial charge in [-0.1, -0.05) is 93.3 Å². The zero-order valence-electron chi connectivity index (χ0n) is 24.1. The molecular weight excluding hydrogens is 428 g/mol. The molecule has 2 N–H and O–H groups in total. The van der Waals surface area contributed by atoms with Crippen molar-refractivity contribution in [2.75, 3.05) is 26.4 Å². The Bertz CT molecular complexity index is 524. The molecule has 0 saturated heterocycles. The largest absolute Gasteiger partial charge is 0.396 e. The molecule has 0 aliphatic rings. The van der Waals surface area contributed by atoms with Gasteiger partial charge in [-0.15, -0.1) is 0 Å². The van der Waals surface area contributed by atoms with Crippen LogP contribution in [0.15, 0.2) is 0 Å². The van der Waals surface area contributed by atoms with E-state index in [9.17, 15) is 10.2 Å². The lowest BCUT2D eigenvalue weighted by Gasteiger charge is -2.49. The van der Waals surface area contributed by atoms with Gasteiger partial charge in [-0.05, 0) is 48.0 Å². The number of aliphatic hydroxyl groups excluding tert-OH is 2. The second-order valence-corrected chi connectivity index (χ2v) is 25.7. The number of hydrogen-bond acceptors (Lipinski definition) is 3. The van der Waals surface area contributed by atoms with Gasteiger partial charge in [0, 0.05) is 20.1 Å². The molecule has 0 aliphatic carbocycles. The summed E-state index contributed by atoms with van der Waals surface area (Å²) in [6.07, 6.45) is 6.83. The predicted octanol–water partition coefficient (Wildman–Crippen LogP) is 7.82. The van der Waals surface area contributed by atoms with Crippen LogP contribution in [-0.2, 0) is 4.74 Å². The summed E-state index contributed by atoms with van der Waals surface area (Å²) in [5, 5.41) is 19.7. The van der Waals surface area contributed by atoms with Crippen LogP contribution in [0.5, 0.6) is 0 Å². The molecule has 0 amide bonds. The van der Waals surface area contributed by atoms with Gasteiger partial charge in [0.15, 0.2) is 0 Å². The zero-order valence-corrected chi connectivity index (χ0v) is 26.1. The molecule has 0 bridgehead atoms. The van der Waals surface area contributed by atoms with E-state index in [2.05, 4.69) is 73.9 Å². The first kappa shape index (κ1) is 32.3. The molecule has 0 saturated carbocycles. The van der Waals surface area contributed by atoms with Crippen LogP contribution < -0.4 is 0 Å². The van der Waals surface area contributed by atoms with Gasteiger partial charge in [-0.25, -0.2) is 0 Å². The van der Waals surface area contributed by atoms with Crippen molar-refractivity contribution >= 4 is 16.1 Å². The number of aliphatic hydroxyl groups is 2. The Labute approximate surface area is 204 Å². The van der Waals surface area contributed by atoms with E-state index in [4.69, 9.17) is 4.74 Å². The standard InChI is InChI=1S/C27H60O3Si2/c1-13-25(5,18-24(3,4)23-31(7,8)9)19-26(6,32(10,11)12)16-15-17-30-22-27(14-2,20-28)21-29/h28-29H,13-23H2,1-12H3. The van der Waals surface area contributed by atoms with Crippen LogP contribution in [0, 0.1) is 16.2 Å². The molecule has 0 aromatic heterocycles. The summed E-state index contributed by atoms with van der Waals surface area (Å²) in [6, 6.07) is 1.39. The molecule has 0 radical (unpaired) electrons. The van der Waals surface area contributed by atoms with Gasteiger partial charge < -0.3 is 14.9 Å². The van der Waals surface area contributed by atoms with Crippen LogP contribution in [0.2, 0.25) is 50.4 Å². The summed E-state index contributed by atoms with van der Waals surface area (Å²) < 4.78 is 5.97. The third kappa shape index (κ3) is 10.7. The summed E-state index contributed by atoms with van der Waals surface area (Å²) in [5.74, 6) is 0. The highest BCUT2D eigenvalue weighted by molar-refractivity contribution is 6.79. The Morgan fingerprint density at radius 3 is 1.69 bits per heavy atom. The van der Waals surface area contributed by atoms with Gasteiger partial charge in [0.05, 0.1) is 27.9 Å². The highest BCUT2D eigenvalue weighted by atomic mass is 28.3. The molecule has 0 heterocycles. The Morgan fingerprint density at radius 2 is 1.31 bits per heavy atom. The predicted molar refractivity (Wildman–Crippen MR) is 148 cm³/mol. The van der Waals surface area contributed by atoms with Gasteiger partial charge in [0.25, 0.3) is 0 Å². The Kier molecular flexibility index (Phi) is 12.4. The molecule has 0 aromatic carbocycles. The molecule has 0 fully saturated rings. The lowest BCUT2D eigenvalue weighted by molar-refractivity contribution is -0.0312. The first-order chi connectivity index (χ1) is 14.3. The molecule has 3 nitrogen and oxygen atoms in total. The molecule has 2 unspecified atom stereocenters. The lowest BCUT2D eigenvalue weighted by Crippen LogP contribution is -2.42. The summed E-state index contributed by atoms with van der Waals surface area (Å²) in [5.41, 5.74) is 0.270. The first-order valence-corrected chi connectivity index (χ1v) is 20.3. The average Bonchev–Trinajstić information content (AvgIpc) is 2.61. The maximum atomic E-state index is 9.66. The maximum Gasteiger partial charge on any atom is 0.0566 e. The topological polar surface area (TPSA) is 49.7 Å².